The maximum Gasteiger partial charge on any atom is 0.269 e. The Morgan fingerprint density at radius 1 is 1.26 bits per heavy atom. The minimum absolute atomic E-state index is 0.0471. The number of hydrogen-bond acceptors (Lipinski definition) is 5. The number of para-hydroxylation sites is 1. The van der Waals surface area contributed by atoms with Crippen LogP contribution in [-0.4, -0.2) is 15.8 Å². The topological polar surface area (TPSA) is 85.1 Å². The molecule has 6 nitrogen and oxygen atoms in total. The van der Waals surface area contributed by atoms with Crippen molar-refractivity contribution in [2.45, 2.75) is 13.3 Å². The van der Waals surface area contributed by atoms with Gasteiger partial charge in [-0.05, 0) is 30.2 Å². The third-order valence-electron chi connectivity index (χ3n) is 3.44. The number of aryl methyl sites for hydroxylation is 1. The van der Waals surface area contributed by atoms with Gasteiger partial charge in [0.2, 0.25) is 0 Å². The molecule has 0 aliphatic rings. The van der Waals surface area contributed by atoms with E-state index in [1.54, 1.807) is 0 Å². The molecule has 1 amide bonds. The van der Waals surface area contributed by atoms with Crippen LogP contribution in [0.4, 0.5) is 10.8 Å². The van der Waals surface area contributed by atoms with Gasteiger partial charge in [0.05, 0.1) is 15.1 Å². The minimum atomic E-state index is -0.499. The van der Waals surface area contributed by atoms with Gasteiger partial charge in [0.15, 0.2) is 5.13 Å². The van der Waals surface area contributed by atoms with E-state index in [1.807, 2.05) is 18.2 Å². The first-order valence-electron chi connectivity index (χ1n) is 7.02. The Morgan fingerprint density at radius 3 is 2.65 bits per heavy atom. The highest BCUT2D eigenvalue weighted by Crippen LogP contribution is 2.28. The van der Waals surface area contributed by atoms with Crippen LogP contribution in [0.2, 0.25) is 0 Å². The molecule has 0 radical (unpaired) electrons. The lowest BCUT2D eigenvalue weighted by atomic mass is 10.1. The molecule has 0 fully saturated rings. The lowest BCUT2D eigenvalue weighted by molar-refractivity contribution is -0.384. The number of nitro groups is 1. The van der Waals surface area contributed by atoms with Crippen molar-refractivity contribution in [2.24, 2.45) is 0 Å². The summed E-state index contributed by atoms with van der Waals surface area (Å²) < 4.78 is 1.02. The monoisotopic (exact) mass is 327 g/mol. The SMILES string of the molecule is CCc1cccc2sc(NC(=O)c3ccc([N+](=O)[O-])cc3)nc12. The highest BCUT2D eigenvalue weighted by Gasteiger charge is 2.13. The van der Waals surface area contributed by atoms with Crippen LogP contribution in [0.25, 0.3) is 10.2 Å². The van der Waals surface area contributed by atoms with Gasteiger partial charge in [-0.1, -0.05) is 30.4 Å². The summed E-state index contributed by atoms with van der Waals surface area (Å²) in [5.74, 6) is -0.336. The van der Waals surface area contributed by atoms with Crippen molar-refractivity contribution in [3.05, 3.63) is 63.7 Å². The lowest BCUT2D eigenvalue weighted by Crippen LogP contribution is -2.11. The summed E-state index contributed by atoms with van der Waals surface area (Å²) in [5, 5.41) is 13.9. The summed E-state index contributed by atoms with van der Waals surface area (Å²) in [6.07, 6.45) is 0.872. The summed E-state index contributed by atoms with van der Waals surface area (Å²) in [6.45, 7) is 2.06. The van der Waals surface area contributed by atoms with E-state index in [1.165, 1.54) is 35.6 Å². The number of benzene rings is 2. The number of anilines is 1. The maximum atomic E-state index is 12.2. The molecule has 0 saturated heterocycles. The van der Waals surface area contributed by atoms with Crippen LogP contribution >= 0.6 is 11.3 Å². The van der Waals surface area contributed by atoms with Crippen LogP contribution in [-0.2, 0) is 6.42 Å². The number of fused-ring (bicyclic) bond motifs is 1. The van der Waals surface area contributed by atoms with Crippen molar-refractivity contribution >= 4 is 38.3 Å². The molecule has 1 N–H and O–H groups in total. The van der Waals surface area contributed by atoms with Gasteiger partial charge in [-0.2, -0.15) is 0 Å². The summed E-state index contributed by atoms with van der Waals surface area (Å²) in [5.41, 5.74) is 2.34. The van der Waals surface area contributed by atoms with E-state index >= 15 is 0 Å². The fourth-order valence-electron chi connectivity index (χ4n) is 2.25. The number of amides is 1. The first-order valence-corrected chi connectivity index (χ1v) is 7.84. The molecule has 0 atom stereocenters. The molecular formula is C16H13N3O3S. The van der Waals surface area contributed by atoms with Crippen LogP contribution in [0.3, 0.4) is 0 Å². The Hall–Kier alpha value is -2.80. The van der Waals surface area contributed by atoms with E-state index in [2.05, 4.69) is 17.2 Å². The van der Waals surface area contributed by atoms with Crippen molar-refractivity contribution < 1.29 is 9.72 Å². The smallest absolute Gasteiger partial charge is 0.269 e. The fourth-order valence-corrected chi connectivity index (χ4v) is 3.16. The molecule has 23 heavy (non-hydrogen) atoms. The third-order valence-corrected chi connectivity index (χ3v) is 4.38. The van der Waals surface area contributed by atoms with Crippen LogP contribution in [0.1, 0.15) is 22.8 Å². The molecule has 0 unspecified atom stereocenters. The van der Waals surface area contributed by atoms with E-state index in [-0.39, 0.29) is 11.6 Å². The van der Waals surface area contributed by atoms with Crippen molar-refractivity contribution in [2.75, 3.05) is 5.32 Å². The number of carbonyl (C=O) groups excluding carboxylic acids is 1. The summed E-state index contributed by atoms with van der Waals surface area (Å²) in [6, 6.07) is 11.4. The van der Waals surface area contributed by atoms with Crippen molar-refractivity contribution in [1.29, 1.82) is 0 Å². The number of carbonyl (C=O) groups is 1. The number of hydrogen-bond donors (Lipinski definition) is 1. The predicted molar refractivity (Wildman–Crippen MR) is 90.0 cm³/mol. The Bertz CT molecular complexity index is 887. The number of aromatic nitrogens is 1. The molecular weight excluding hydrogens is 314 g/mol. The van der Waals surface area contributed by atoms with Crippen LogP contribution < -0.4 is 5.32 Å². The quantitative estimate of drug-likeness (QED) is 0.579. The Morgan fingerprint density at radius 2 is 2.00 bits per heavy atom. The predicted octanol–water partition coefficient (Wildman–Crippen LogP) is 4.02. The van der Waals surface area contributed by atoms with Crippen LogP contribution in [0, 0.1) is 10.1 Å². The number of nitrogens with zero attached hydrogens (tertiary/aromatic N) is 2. The van der Waals surface area contributed by atoms with Gasteiger partial charge in [0.25, 0.3) is 11.6 Å². The Labute approximate surface area is 135 Å². The molecule has 0 aliphatic heterocycles. The molecule has 0 spiro atoms. The van der Waals surface area contributed by atoms with Gasteiger partial charge in [-0.25, -0.2) is 4.98 Å². The second kappa shape index (κ2) is 6.13. The van der Waals surface area contributed by atoms with Gasteiger partial charge in [0, 0.05) is 17.7 Å². The van der Waals surface area contributed by atoms with Crippen LogP contribution in [0.15, 0.2) is 42.5 Å². The number of non-ortho nitro benzene ring substituents is 1. The number of nitro benzene ring substituents is 1. The number of rotatable bonds is 4. The molecule has 7 heteroatoms. The number of nitrogens with one attached hydrogen (secondary N) is 1. The molecule has 0 aliphatic carbocycles. The zero-order valence-corrected chi connectivity index (χ0v) is 13.1. The largest absolute Gasteiger partial charge is 0.298 e. The zero-order valence-electron chi connectivity index (χ0n) is 12.3. The Kier molecular flexibility index (Phi) is 4.03. The standard InChI is InChI=1S/C16H13N3O3S/c1-2-10-4-3-5-13-14(10)17-16(23-13)18-15(20)11-6-8-12(9-7-11)19(21)22/h3-9H,2H2,1H3,(H,17,18,20). The molecule has 2 aromatic carbocycles. The highest BCUT2D eigenvalue weighted by atomic mass is 32.1. The molecule has 1 aromatic heterocycles. The lowest BCUT2D eigenvalue weighted by Gasteiger charge is -2.01. The van der Waals surface area contributed by atoms with Gasteiger partial charge >= 0.3 is 0 Å². The van der Waals surface area contributed by atoms with E-state index in [9.17, 15) is 14.9 Å². The second-order valence-corrected chi connectivity index (χ2v) is 5.93. The van der Waals surface area contributed by atoms with E-state index < -0.39 is 4.92 Å². The van der Waals surface area contributed by atoms with E-state index in [0.29, 0.717) is 10.7 Å². The minimum Gasteiger partial charge on any atom is -0.298 e. The first-order chi connectivity index (χ1) is 11.1. The number of thiazole rings is 1. The summed E-state index contributed by atoms with van der Waals surface area (Å²) in [4.78, 5) is 26.8. The fraction of sp³-hybridized carbons (Fsp3) is 0.125. The average Bonchev–Trinajstić information content (AvgIpc) is 2.97. The van der Waals surface area contributed by atoms with Gasteiger partial charge in [0.1, 0.15) is 0 Å². The normalized spacial score (nSPS) is 10.7. The summed E-state index contributed by atoms with van der Waals surface area (Å²) in [7, 11) is 0. The Balaban J connectivity index is 1.83. The van der Waals surface area contributed by atoms with Crippen molar-refractivity contribution in [1.82, 2.24) is 4.98 Å². The van der Waals surface area contributed by atoms with Crippen molar-refractivity contribution in [3.63, 3.8) is 0 Å². The maximum absolute atomic E-state index is 12.2. The van der Waals surface area contributed by atoms with Gasteiger partial charge in [-0.3, -0.25) is 20.2 Å². The highest BCUT2D eigenvalue weighted by molar-refractivity contribution is 7.22. The molecule has 0 bridgehead atoms. The average molecular weight is 327 g/mol. The molecule has 1 heterocycles. The van der Waals surface area contributed by atoms with E-state index in [4.69, 9.17) is 0 Å². The second-order valence-electron chi connectivity index (χ2n) is 4.89. The molecule has 116 valence electrons. The zero-order chi connectivity index (χ0) is 16.4. The summed E-state index contributed by atoms with van der Waals surface area (Å²) >= 11 is 1.41. The molecule has 3 rings (SSSR count). The van der Waals surface area contributed by atoms with Gasteiger partial charge < -0.3 is 0 Å². The van der Waals surface area contributed by atoms with E-state index in [0.717, 1.165) is 22.2 Å². The molecule has 3 aromatic rings. The van der Waals surface area contributed by atoms with Crippen molar-refractivity contribution in [3.8, 4) is 0 Å². The molecule has 0 saturated carbocycles. The third kappa shape index (κ3) is 3.04. The van der Waals surface area contributed by atoms with Gasteiger partial charge in [-0.15, -0.1) is 0 Å². The van der Waals surface area contributed by atoms with Crippen LogP contribution in [0.5, 0.6) is 0 Å². The first kappa shape index (κ1) is 15.1.